The lowest BCUT2D eigenvalue weighted by molar-refractivity contribution is 0.156. The van der Waals surface area contributed by atoms with Crippen molar-refractivity contribution in [2.24, 2.45) is 0 Å². The summed E-state index contributed by atoms with van der Waals surface area (Å²) in [6.45, 7) is 1.06. The highest BCUT2D eigenvalue weighted by Gasteiger charge is 2.19. The van der Waals surface area contributed by atoms with Crippen LogP contribution >= 0.6 is 0 Å². The molecule has 1 fully saturated rings. The summed E-state index contributed by atoms with van der Waals surface area (Å²) in [7, 11) is 0. The molecule has 2 aliphatic rings. The minimum atomic E-state index is 0.447. The van der Waals surface area contributed by atoms with Crippen LogP contribution in [-0.4, -0.2) is 12.6 Å². The number of nitrogens with one attached hydrogen (secondary N) is 1. The van der Waals surface area contributed by atoms with Gasteiger partial charge in [0.2, 0.25) is 0 Å². The number of anilines is 1. The zero-order chi connectivity index (χ0) is 10.8. The third kappa shape index (κ3) is 1.89. The fraction of sp³-hybridized carbons (Fsp3) is 0.571. The maximum Gasteiger partial charge on any atom is 0.143 e. The van der Waals surface area contributed by atoms with Crippen molar-refractivity contribution in [1.29, 1.82) is 0 Å². The molecular weight excluding hydrogens is 198 g/mol. The van der Waals surface area contributed by atoms with Gasteiger partial charge in [-0.3, -0.25) is 0 Å². The van der Waals surface area contributed by atoms with E-state index in [1.54, 1.807) is 0 Å². The summed E-state index contributed by atoms with van der Waals surface area (Å²) in [4.78, 5) is 0. The summed E-state index contributed by atoms with van der Waals surface area (Å²) in [5, 5.41) is 3.43. The third-order valence-electron chi connectivity index (χ3n) is 3.65. The molecular formula is C14H19NO. The molecule has 3 rings (SSSR count). The van der Waals surface area contributed by atoms with Gasteiger partial charge in [0, 0.05) is 6.54 Å². The van der Waals surface area contributed by atoms with Crippen LogP contribution in [0, 0.1) is 0 Å². The molecule has 1 saturated carbocycles. The molecule has 16 heavy (non-hydrogen) atoms. The van der Waals surface area contributed by atoms with Crippen molar-refractivity contribution in [1.82, 2.24) is 0 Å². The molecule has 2 nitrogen and oxygen atoms in total. The number of ether oxygens (including phenoxy) is 1. The molecule has 0 aromatic heterocycles. The second kappa shape index (κ2) is 4.36. The van der Waals surface area contributed by atoms with E-state index >= 15 is 0 Å². The molecule has 0 unspecified atom stereocenters. The van der Waals surface area contributed by atoms with E-state index in [-0.39, 0.29) is 0 Å². The number of para-hydroxylation sites is 1. The molecule has 0 amide bonds. The normalized spacial score (nSPS) is 20.2. The highest BCUT2D eigenvalue weighted by atomic mass is 16.5. The van der Waals surface area contributed by atoms with Gasteiger partial charge in [-0.05, 0) is 43.7 Å². The predicted molar refractivity (Wildman–Crippen MR) is 66.1 cm³/mol. The Morgan fingerprint density at radius 2 is 2.00 bits per heavy atom. The Bertz CT molecular complexity index is 369. The SMILES string of the molecule is c1cc2c(c(OC3CCCCC3)c1)NCC2. The molecule has 1 aliphatic carbocycles. The maximum absolute atomic E-state index is 6.14. The van der Waals surface area contributed by atoms with Crippen LogP contribution in [0.15, 0.2) is 18.2 Å². The number of hydrogen-bond acceptors (Lipinski definition) is 2. The molecule has 0 saturated heterocycles. The lowest BCUT2D eigenvalue weighted by atomic mass is 9.98. The Labute approximate surface area is 97.0 Å². The zero-order valence-electron chi connectivity index (χ0n) is 9.67. The number of rotatable bonds is 2. The van der Waals surface area contributed by atoms with E-state index < -0.39 is 0 Å². The molecule has 0 bridgehead atoms. The van der Waals surface area contributed by atoms with E-state index in [1.165, 1.54) is 43.4 Å². The summed E-state index contributed by atoms with van der Waals surface area (Å²) >= 11 is 0. The first kappa shape index (κ1) is 10.0. The van der Waals surface area contributed by atoms with Crippen LogP contribution in [0.3, 0.4) is 0 Å². The van der Waals surface area contributed by atoms with Crippen LogP contribution in [0.2, 0.25) is 0 Å². The lowest BCUT2D eigenvalue weighted by Gasteiger charge is -2.24. The molecule has 1 aromatic carbocycles. The van der Waals surface area contributed by atoms with Crippen molar-refractivity contribution in [3.05, 3.63) is 23.8 Å². The molecule has 1 N–H and O–H groups in total. The lowest BCUT2D eigenvalue weighted by Crippen LogP contribution is -2.20. The van der Waals surface area contributed by atoms with E-state index in [9.17, 15) is 0 Å². The first-order valence-electron chi connectivity index (χ1n) is 6.46. The molecule has 1 heterocycles. The molecule has 86 valence electrons. The summed E-state index contributed by atoms with van der Waals surface area (Å²) < 4.78 is 6.14. The number of hydrogen-bond donors (Lipinski definition) is 1. The summed E-state index contributed by atoms with van der Waals surface area (Å²) in [6, 6.07) is 6.42. The third-order valence-corrected chi connectivity index (χ3v) is 3.65. The fourth-order valence-corrected chi connectivity index (χ4v) is 2.77. The summed E-state index contributed by atoms with van der Waals surface area (Å²) in [5.41, 5.74) is 2.65. The van der Waals surface area contributed by atoms with Gasteiger partial charge in [0.25, 0.3) is 0 Å². The Hall–Kier alpha value is -1.18. The van der Waals surface area contributed by atoms with E-state index in [0.29, 0.717) is 6.10 Å². The van der Waals surface area contributed by atoms with Crippen LogP contribution in [0.4, 0.5) is 5.69 Å². The highest BCUT2D eigenvalue weighted by molar-refractivity contribution is 5.65. The summed E-state index contributed by atoms with van der Waals surface area (Å²) in [5.74, 6) is 1.07. The predicted octanol–water partition coefficient (Wildman–Crippen LogP) is 3.37. The molecule has 1 aliphatic heterocycles. The average molecular weight is 217 g/mol. The second-order valence-electron chi connectivity index (χ2n) is 4.84. The summed E-state index contributed by atoms with van der Waals surface area (Å²) in [6.07, 6.45) is 8.07. The first-order chi connectivity index (χ1) is 7.93. The smallest absolute Gasteiger partial charge is 0.143 e. The van der Waals surface area contributed by atoms with Gasteiger partial charge in [-0.2, -0.15) is 0 Å². The first-order valence-corrected chi connectivity index (χ1v) is 6.46. The Morgan fingerprint density at radius 3 is 2.88 bits per heavy atom. The van der Waals surface area contributed by atoms with Crippen molar-refractivity contribution >= 4 is 5.69 Å². The minimum Gasteiger partial charge on any atom is -0.488 e. The zero-order valence-corrected chi connectivity index (χ0v) is 9.67. The van der Waals surface area contributed by atoms with Crippen LogP contribution in [0.25, 0.3) is 0 Å². The fourth-order valence-electron chi connectivity index (χ4n) is 2.77. The highest BCUT2D eigenvalue weighted by Crippen LogP contribution is 2.34. The Balaban J connectivity index is 1.76. The van der Waals surface area contributed by atoms with Gasteiger partial charge in [-0.1, -0.05) is 18.6 Å². The van der Waals surface area contributed by atoms with Gasteiger partial charge < -0.3 is 10.1 Å². The van der Waals surface area contributed by atoms with Gasteiger partial charge in [0.05, 0.1) is 11.8 Å². The molecule has 2 heteroatoms. The second-order valence-corrected chi connectivity index (χ2v) is 4.84. The van der Waals surface area contributed by atoms with Gasteiger partial charge >= 0.3 is 0 Å². The van der Waals surface area contributed by atoms with Gasteiger partial charge in [0.1, 0.15) is 5.75 Å². The number of fused-ring (bicyclic) bond motifs is 1. The Morgan fingerprint density at radius 1 is 1.12 bits per heavy atom. The monoisotopic (exact) mass is 217 g/mol. The van der Waals surface area contributed by atoms with Gasteiger partial charge in [-0.15, -0.1) is 0 Å². The molecule has 1 aromatic rings. The van der Waals surface area contributed by atoms with E-state index in [4.69, 9.17) is 4.74 Å². The molecule has 0 spiro atoms. The van der Waals surface area contributed by atoms with Gasteiger partial charge in [-0.25, -0.2) is 0 Å². The van der Waals surface area contributed by atoms with E-state index in [1.807, 2.05) is 0 Å². The van der Waals surface area contributed by atoms with E-state index in [0.717, 1.165) is 18.7 Å². The standard InChI is InChI=1S/C14H19NO/c1-2-6-12(7-3-1)16-13-8-4-5-11-9-10-15-14(11)13/h4-5,8,12,15H,1-3,6-7,9-10H2. The van der Waals surface area contributed by atoms with Crippen LogP contribution < -0.4 is 10.1 Å². The molecule has 0 atom stereocenters. The van der Waals surface area contributed by atoms with Crippen molar-refractivity contribution in [2.75, 3.05) is 11.9 Å². The average Bonchev–Trinajstić information content (AvgIpc) is 2.80. The van der Waals surface area contributed by atoms with Crippen molar-refractivity contribution in [3.8, 4) is 5.75 Å². The largest absolute Gasteiger partial charge is 0.488 e. The van der Waals surface area contributed by atoms with Crippen LogP contribution in [-0.2, 0) is 6.42 Å². The minimum absolute atomic E-state index is 0.447. The Kier molecular flexibility index (Phi) is 2.73. The van der Waals surface area contributed by atoms with Gasteiger partial charge in [0.15, 0.2) is 0 Å². The molecule has 0 radical (unpaired) electrons. The van der Waals surface area contributed by atoms with Crippen molar-refractivity contribution < 1.29 is 4.74 Å². The topological polar surface area (TPSA) is 21.3 Å². The van der Waals surface area contributed by atoms with Crippen LogP contribution in [0.1, 0.15) is 37.7 Å². The van der Waals surface area contributed by atoms with Crippen molar-refractivity contribution in [3.63, 3.8) is 0 Å². The quantitative estimate of drug-likeness (QED) is 0.820. The van der Waals surface area contributed by atoms with Crippen molar-refractivity contribution in [2.45, 2.75) is 44.6 Å². The van der Waals surface area contributed by atoms with E-state index in [2.05, 4.69) is 23.5 Å². The maximum atomic E-state index is 6.14. The van der Waals surface area contributed by atoms with Crippen LogP contribution in [0.5, 0.6) is 5.75 Å². The number of benzene rings is 1.